The lowest BCUT2D eigenvalue weighted by molar-refractivity contribution is -0.124. The Bertz CT molecular complexity index is 1540. The zero-order valence-electron chi connectivity index (χ0n) is 29.7. The Hall–Kier alpha value is -3.68. The van der Waals surface area contributed by atoms with Gasteiger partial charge in [0.2, 0.25) is 5.91 Å². The number of alkyl halides is 2. The summed E-state index contributed by atoms with van der Waals surface area (Å²) in [6.07, 6.45) is 7.98. The number of nitrogens with zero attached hydrogens (tertiary/aromatic N) is 4. The number of nitrogens with one attached hydrogen (secondary N) is 2. The van der Waals surface area contributed by atoms with Gasteiger partial charge >= 0.3 is 0 Å². The number of carbonyl (C=O) groups excluding carboxylic acids is 2. The highest BCUT2D eigenvalue weighted by atomic mass is 19.3. The molecule has 1 aromatic carbocycles. The summed E-state index contributed by atoms with van der Waals surface area (Å²) in [7, 11) is 3.67. The molecular formula is C36H53F2N7O4. The largest absolute Gasteiger partial charge is 0.494 e. The molecule has 3 aromatic rings. The maximum Gasteiger partial charge on any atom is 0.287 e. The van der Waals surface area contributed by atoms with Crippen molar-refractivity contribution in [3.63, 3.8) is 0 Å². The summed E-state index contributed by atoms with van der Waals surface area (Å²) in [5.74, 6) is -2.83. The molecule has 2 aromatic heterocycles. The number of rotatable bonds is 16. The fourth-order valence-electron chi connectivity index (χ4n) is 6.07. The van der Waals surface area contributed by atoms with E-state index in [1.165, 1.54) is 25.3 Å². The zero-order chi connectivity index (χ0) is 35.8. The van der Waals surface area contributed by atoms with E-state index >= 15 is 0 Å². The summed E-state index contributed by atoms with van der Waals surface area (Å²) < 4.78 is 40.8. The van der Waals surface area contributed by atoms with Gasteiger partial charge in [0.05, 0.1) is 30.4 Å². The van der Waals surface area contributed by atoms with Crippen LogP contribution < -0.4 is 21.1 Å². The van der Waals surface area contributed by atoms with E-state index in [1.807, 2.05) is 31.6 Å². The molecule has 0 unspecified atom stereocenters. The maximum atomic E-state index is 13.8. The second kappa shape index (κ2) is 16.8. The topological polar surface area (TPSA) is 137 Å². The highest BCUT2D eigenvalue weighted by molar-refractivity contribution is 6.05. The Morgan fingerprint density at radius 2 is 1.82 bits per heavy atom. The molecule has 0 aliphatic heterocycles. The van der Waals surface area contributed by atoms with Gasteiger partial charge in [-0.1, -0.05) is 26.8 Å². The van der Waals surface area contributed by atoms with E-state index in [1.54, 1.807) is 12.1 Å². The predicted octanol–water partition coefficient (Wildman–Crippen LogP) is 5.75. The molecule has 0 bridgehead atoms. The summed E-state index contributed by atoms with van der Waals surface area (Å²) in [4.78, 5) is 31.2. The normalized spacial score (nSPS) is 17.7. The van der Waals surface area contributed by atoms with Crippen LogP contribution in [0.25, 0.3) is 10.9 Å². The number of carbonyl (C=O) groups is 2. The molecule has 2 amide bonds. The molecule has 49 heavy (non-hydrogen) atoms. The molecule has 0 saturated heterocycles. The summed E-state index contributed by atoms with van der Waals surface area (Å²) in [6, 6.07) is 7.31. The molecule has 1 aliphatic carbocycles. The minimum atomic E-state index is -3.15. The summed E-state index contributed by atoms with van der Waals surface area (Å²) >= 11 is 0. The van der Waals surface area contributed by atoms with Crippen molar-refractivity contribution in [1.29, 1.82) is 0 Å². The standard InChI is InChI=1S/C36H53F2N7O4/c1-35(2,3)32(39)34(47)40-16-8-18-49-19-9-17-44(5)22-24-12-14-26(15-13-24)45-23-25-20-29(30(48-6)21-28(25)43-45)42-33(46)27-10-7-11-31(41-27)36(4,37)38/h7,10-11,20-21,23-24,26,32H,8-9,12-19,22,39H2,1-6H3,(H,40,47)(H,42,46)/t24?,26?,32-/m1/s1. The van der Waals surface area contributed by atoms with Crippen LogP contribution in [0, 0.1) is 11.3 Å². The number of amides is 2. The van der Waals surface area contributed by atoms with Gasteiger partial charge in [0.25, 0.3) is 11.8 Å². The number of ether oxygens (including phenoxy) is 2. The molecule has 4 N–H and O–H groups in total. The van der Waals surface area contributed by atoms with Gasteiger partial charge in [-0.25, -0.2) is 4.98 Å². The van der Waals surface area contributed by atoms with Crippen molar-refractivity contribution in [2.75, 3.05) is 52.3 Å². The number of anilines is 1. The Morgan fingerprint density at radius 1 is 1.10 bits per heavy atom. The molecule has 11 nitrogen and oxygen atoms in total. The average Bonchev–Trinajstić information content (AvgIpc) is 3.47. The average molecular weight is 686 g/mol. The quantitative estimate of drug-likeness (QED) is 0.162. The first-order chi connectivity index (χ1) is 23.2. The SMILES string of the molecule is COc1cc2nn(C3CCC(CN(C)CCCOCCCNC(=O)[C@@H](N)C(C)(C)C)CC3)cc2cc1NC(=O)c1cccc(C(C)(F)F)n1. The molecule has 0 spiro atoms. The van der Waals surface area contributed by atoms with E-state index < -0.39 is 23.6 Å². The lowest BCUT2D eigenvalue weighted by Crippen LogP contribution is -2.48. The first-order valence-corrected chi connectivity index (χ1v) is 17.2. The monoisotopic (exact) mass is 685 g/mol. The number of pyridine rings is 1. The smallest absolute Gasteiger partial charge is 0.287 e. The highest BCUT2D eigenvalue weighted by Crippen LogP contribution is 2.35. The number of halogens is 2. The third kappa shape index (κ3) is 10.9. The number of benzene rings is 1. The van der Waals surface area contributed by atoms with Crippen molar-refractivity contribution in [2.24, 2.45) is 17.1 Å². The summed E-state index contributed by atoms with van der Waals surface area (Å²) in [5, 5.41) is 11.3. The van der Waals surface area contributed by atoms with E-state index in [0.29, 0.717) is 37.1 Å². The number of hydrogen-bond donors (Lipinski definition) is 3. The number of hydrogen-bond acceptors (Lipinski definition) is 8. The number of fused-ring (bicyclic) bond motifs is 1. The van der Waals surface area contributed by atoms with Crippen LogP contribution in [0.5, 0.6) is 5.75 Å². The van der Waals surface area contributed by atoms with E-state index in [2.05, 4.69) is 27.6 Å². The molecule has 270 valence electrons. The minimum Gasteiger partial charge on any atom is -0.494 e. The second-order valence-corrected chi connectivity index (χ2v) is 14.4. The third-order valence-corrected chi connectivity index (χ3v) is 9.09. The van der Waals surface area contributed by atoms with Gasteiger partial charge in [0.1, 0.15) is 17.1 Å². The second-order valence-electron chi connectivity index (χ2n) is 14.4. The molecule has 4 rings (SSSR count). The number of methoxy groups -OCH3 is 1. The number of aromatic nitrogens is 3. The van der Waals surface area contributed by atoms with Crippen LogP contribution in [0.3, 0.4) is 0 Å². The van der Waals surface area contributed by atoms with Crippen LogP contribution in [0.2, 0.25) is 0 Å². The van der Waals surface area contributed by atoms with Crippen LogP contribution in [0.1, 0.15) is 88.4 Å². The molecule has 2 heterocycles. The third-order valence-electron chi connectivity index (χ3n) is 9.09. The lowest BCUT2D eigenvalue weighted by atomic mass is 9.86. The van der Waals surface area contributed by atoms with E-state index in [-0.39, 0.29) is 23.1 Å². The van der Waals surface area contributed by atoms with Gasteiger partial charge in [-0.2, -0.15) is 13.9 Å². The predicted molar refractivity (Wildman–Crippen MR) is 187 cm³/mol. The van der Waals surface area contributed by atoms with Gasteiger partial charge < -0.3 is 30.7 Å². The minimum absolute atomic E-state index is 0.107. The van der Waals surface area contributed by atoms with E-state index in [9.17, 15) is 18.4 Å². The van der Waals surface area contributed by atoms with Gasteiger partial charge in [-0.15, -0.1) is 0 Å². The first-order valence-electron chi connectivity index (χ1n) is 17.2. The summed E-state index contributed by atoms with van der Waals surface area (Å²) in [5.41, 5.74) is 6.31. The van der Waals surface area contributed by atoms with Crippen LogP contribution in [0.4, 0.5) is 14.5 Å². The molecule has 1 fully saturated rings. The van der Waals surface area contributed by atoms with Crippen molar-refractivity contribution < 1.29 is 27.8 Å². The van der Waals surface area contributed by atoms with Gasteiger partial charge in [0.15, 0.2) is 0 Å². The molecular weight excluding hydrogens is 632 g/mol. The van der Waals surface area contributed by atoms with Crippen LogP contribution in [0.15, 0.2) is 36.5 Å². The Labute approximate surface area is 288 Å². The Morgan fingerprint density at radius 3 is 2.49 bits per heavy atom. The van der Waals surface area contributed by atoms with Gasteiger partial charge in [-0.3, -0.25) is 14.3 Å². The van der Waals surface area contributed by atoms with Crippen molar-refractivity contribution in [3.05, 3.63) is 47.9 Å². The number of nitrogens with two attached hydrogens (primary N) is 1. The maximum absolute atomic E-state index is 13.8. The zero-order valence-corrected chi connectivity index (χ0v) is 29.7. The molecule has 1 atom stereocenters. The van der Waals surface area contributed by atoms with E-state index in [4.69, 9.17) is 20.3 Å². The highest BCUT2D eigenvalue weighted by Gasteiger charge is 2.28. The van der Waals surface area contributed by atoms with Crippen LogP contribution in [-0.4, -0.2) is 84.5 Å². The summed E-state index contributed by atoms with van der Waals surface area (Å²) in [6.45, 7) is 10.5. The van der Waals surface area contributed by atoms with Crippen molar-refractivity contribution in [3.8, 4) is 5.75 Å². The Kier molecular flexibility index (Phi) is 13.1. The Balaban J connectivity index is 1.19. The van der Waals surface area contributed by atoms with Crippen molar-refractivity contribution >= 4 is 28.4 Å². The van der Waals surface area contributed by atoms with Crippen molar-refractivity contribution in [1.82, 2.24) is 25.0 Å². The van der Waals surface area contributed by atoms with Gasteiger partial charge in [-0.05, 0) is 75.1 Å². The first kappa shape index (κ1) is 38.1. The molecule has 1 saturated carbocycles. The van der Waals surface area contributed by atoms with Crippen molar-refractivity contribution in [2.45, 2.75) is 84.2 Å². The molecule has 13 heteroatoms. The van der Waals surface area contributed by atoms with Crippen LogP contribution >= 0.6 is 0 Å². The van der Waals surface area contributed by atoms with Gasteiger partial charge in [0, 0.05) is 57.4 Å². The molecule has 1 aliphatic rings. The van der Waals surface area contributed by atoms with E-state index in [0.717, 1.165) is 69.4 Å². The molecule has 0 radical (unpaired) electrons. The lowest BCUT2D eigenvalue weighted by Gasteiger charge is -2.31. The van der Waals surface area contributed by atoms with Crippen LogP contribution in [-0.2, 0) is 15.5 Å². The fraction of sp³-hybridized carbons (Fsp3) is 0.611. The fourth-order valence-corrected chi connectivity index (χ4v) is 6.07.